The molecule has 3 aromatic rings. The zero-order valence-electron chi connectivity index (χ0n) is 14.5. The maximum atomic E-state index is 11.9. The van der Waals surface area contributed by atoms with Crippen molar-refractivity contribution in [2.24, 2.45) is 5.73 Å². The summed E-state index contributed by atoms with van der Waals surface area (Å²) in [5, 5.41) is 13.5. The Hall–Kier alpha value is -3.88. The SMILES string of the molecule is Cc1cc(-n2ncc(=O)[nH]c2=O)cc(C)c1Oc1ccc(O)c(C(N)=O)c1. The molecule has 0 radical (unpaired) electrons. The van der Waals surface area contributed by atoms with Gasteiger partial charge in [0.05, 0.1) is 11.3 Å². The molecule has 3 rings (SSSR count). The summed E-state index contributed by atoms with van der Waals surface area (Å²) in [6.45, 7) is 3.55. The number of nitrogens with one attached hydrogen (secondary N) is 1. The lowest BCUT2D eigenvalue weighted by molar-refractivity contribution is 0.0997. The van der Waals surface area contributed by atoms with Gasteiger partial charge < -0.3 is 15.6 Å². The third-order valence-electron chi connectivity index (χ3n) is 3.86. The molecule has 0 saturated heterocycles. The molecule has 0 atom stereocenters. The molecule has 0 aliphatic rings. The lowest BCUT2D eigenvalue weighted by Gasteiger charge is -2.15. The lowest BCUT2D eigenvalue weighted by Crippen LogP contribution is -2.30. The van der Waals surface area contributed by atoms with E-state index in [1.165, 1.54) is 18.2 Å². The van der Waals surface area contributed by atoms with Crippen LogP contribution in [0.3, 0.4) is 0 Å². The third kappa shape index (κ3) is 3.56. The van der Waals surface area contributed by atoms with E-state index in [1.54, 1.807) is 26.0 Å². The Morgan fingerprint density at radius 3 is 2.44 bits per heavy atom. The number of aromatic amines is 1. The number of aromatic hydroxyl groups is 1. The minimum absolute atomic E-state index is 0.0524. The third-order valence-corrected chi connectivity index (χ3v) is 3.86. The first-order valence-electron chi connectivity index (χ1n) is 7.87. The van der Waals surface area contributed by atoms with Crippen LogP contribution in [0.1, 0.15) is 21.5 Å². The van der Waals surface area contributed by atoms with E-state index in [0.717, 1.165) is 10.9 Å². The molecule has 0 aliphatic heterocycles. The molecule has 2 aromatic carbocycles. The first-order valence-corrected chi connectivity index (χ1v) is 7.87. The number of carbonyl (C=O) groups excluding carboxylic acids is 1. The van der Waals surface area contributed by atoms with Crippen molar-refractivity contribution in [3.8, 4) is 22.9 Å². The van der Waals surface area contributed by atoms with E-state index in [0.29, 0.717) is 28.3 Å². The highest BCUT2D eigenvalue weighted by atomic mass is 16.5. The highest BCUT2D eigenvalue weighted by molar-refractivity contribution is 5.95. The molecular weight excluding hydrogens is 352 g/mol. The summed E-state index contributed by atoms with van der Waals surface area (Å²) in [5.74, 6) is -0.176. The summed E-state index contributed by atoms with van der Waals surface area (Å²) in [7, 11) is 0. The smallest absolute Gasteiger partial charge is 0.349 e. The van der Waals surface area contributed by atoms with Crippen molar-refractivity contribution >= 4 is 5.91 Å². The first kappa shape index (κ1) is 17.9. The summed E-state index contributed by atoms with van der Waals surface area (Å²) in [6, 6.07) is 7.51. The van der Waals surface area contributed by atoms with Crippen LogP contribution < -0.4 is 21.7 Å². The van der Waals surface area contributed by atoms with E-state index < -0.39 is 17.2 Å². The summed E-state index contributed by atoms with van der Waals surface area (Å²) >= 11 is 0. The Bertz CT molecular complexity index is 1140. The van der Waals surface area contributed by atoms with Crippen LogP contribution in [0.4, 0.5) is 0 Å². The molecule has 9 nitrogen and oxygen atoms in total. The summed E-state index contributed by atoms with van der Waals surface area (Å²) < 4.78 is 6.91. The monoisotopic (exact) mass is 368 g/mol. The zero-order chi connectivity index (χ0) is 19.7. The number of amides is 1. The van der Waals surface area contributed by atoms with E-state index in [-0.39, 0.29) is 11.3 Å². The molecule has 138 valence electrons. The Labute approximate surface area is 152 Å². The van der Waals surface area contributed by atoms with Gasteiger partial charge >= 0.3 is 5.69 Å². The van der Waals surface area contributed by atoms with Gasteiger partial charge in [0.1, 0.15) is 23.4 Å². The predicted octanol–water partition coefficient (Wildman–Crippen LogP) is 1.13. The molecule has 27 heavy (non-hydrogen) atoms. The van der Waals surface area contributed by atoms with E-state index in [9.17, 15) is 19.5 Å². The maximum Gasteiger partial charge on any atom is 0.349 e. The second-order valence-electron chi connectivity index (χ2n) is 5.90. The van der Waals surface area contributed by atoms with Crippen molar-refractivity contribution in [2.45, 2.75) is 13.8 Å². The average molecular weight is 368 g/mol. The molecule has 0 aliphatic carbocycles. The standard InChI is InChI=1S/C18H16N4O5/c1-9-5-11(22-18(26)21-15(24)8-20-22)6-10(2)16(9)27-12-3-4-14(23)13(7-12)17(19)25/h3-8,23H,1-2H3,(H2,19,25)(H,21,24,26). The Morgan fingerprint density at radius 2 is 1.85 bits per heavy atom. The number of primary amides is 1. The zero-order valence-corrected chi connectivity index (χ0v) is 14.5. The fourth-order valence-corrected chi connectivity index (χ4v) is 2.64. The van der Waals surface area contributed by atoms with Crippen LogP contribution in [0.15, 0.2) is 46.1 Å². The van der Waals surface area contributed by atoms with Crippen LogP contribution in [-0.4, -0.2) is 25.8 Å². The van der Waals surface area contributed by atoms with Gasteiger partial charge in [-0.2, -0.15) is 9.78 Å². The number of hydrogen-bond donors (Lipinski definition) is 3. The van der Waals surface area contributed by atoms with Gasteiger partial charge in [0.15, 0.2) is 0 Å². The molecule has 0 fully saturated rings. The van der Waals surface area contributed by atoms with Gasteiger partial charge in [-0.05, 0) is 55.3 Å². The van der Waals surface area contributed by atoms with E-state index in [4.69, 9.17) is 10.5 Å². The van der Waals surface area contributed by atoms with Crippen LogP contribution in [-0.2, 0) is 0 Å². The maximum absolute atomic E-state index is 11.9. The van der Waals surface area contributed by atoms with E-state index in [2.05, 4.69) is 10.1 Å². The molecule has 0 spiro atoms. The fourth-order valence-electron chi connectivity index (χ4n) is 2.64. The lowest BCUT2D eigenvalue weighted by atomic mass is 10.1. The number of nitrogens with zero attached hydrogens (tertiary/aromatic N) is 2. The number of aromatic nitrogens is 3. The molecule has 1 amide bonds. The minimum Gasteiger partial charge on any atom is -0.507 e. The van der Waals surface area contributed by atoms with E-state index >= 15 is 0 Å². The molecular formula is C18H16N4O5. The quantitative estimate of drug-likeness (QED) is 0.631. The van der Waals surface area contributed by atoms with Gasteiger partial charge in [-0.1, -0.05) is 0 Å². The average Bonchev–Trinajstić information content (AvgIpc) is 2.59. The van der Waals surface area contributed by atoms with E-state index in [1.807, 2.05) is 0 Å². The molecule has 1 aromatic heterocycles. The van der Waals surface area contributed by atoms with Gasteiger partial charge in [-0.25, -0.2) is 4.79 Å². The largest absolute Gasteiger partial charge is 0.507 e. The number of nitrogens with two attached hydrogens (primary N) is 1. The molecule has 1 heterocycles. The topological polar surface area (TPSA) is 140 Å². The molecule has 0 saturated carbocycles. The number of H-pyrrole nitrogens is 1. The van der Waals surface area contributed by atoms with Crippen LogP contribution in [0, 0.1) is 13.8 Å². The van der Waals surface area contributed by atoms with Gasteiger partial charge in [0.25, 0.3) is 11.5 Å². The Balaban J connectivity index is 2.01. The normalized spacial score (nSPS) is 10.6. The molecule has 0 unspecified atom stereocenters. The van der Waals surface area contributed by atoms with Gasteiger partial charge in [0.2, 0.25) is 0 Å². The fraction of sp³-hybridized carbons (Fsp3) is 0.111. The van der Waals surface area contributed by atoms with Crippen LogP contribution >= 0.6 is 0 Å². The summed E-state index contributed by atoms with van der Waals surface area (Å²) in [5.41, 5.74) is 5.79. The number of phenols is 1. The first-order chi connectivity index (χ1) is 12.8. The number of aryl methyl sites for hydroxylation is 2. The van der Waals surface area contributed by atoms with Gasteiger partial charge in [-0.3, -0.25) is 14.6 Å². The number of ether oxygens (including phenoxy) is 1. The number of carbonyl (C=O) groups is 1. The highest BCUT2D eigenvalue weighted by Crippen LogP contribution is 2.32. The van der Waals surface area contributed by atoms with Crippen LogP contribution in [0.25, 0.3) is 5.69 Å². The number of hydrogen-bond acceptors (Lipinski definition) is 6. The highest BCUT2D eigenvalue weighted by Gasteiger charge is 2.13. The van der Waals surface area contributed by atoms with Crippen molar-refractivity contribution in [3.05, 3.63) is 74.1 Å². The molecule has 4 N–H and O–H groups in total. The Morgan fingerprint density at radius 1 is 1.19 bits per heavy atom. The Kier molecular flexibility index (Phi) is 4.51. The van der Waals surface area contributed by atoms with Gasteiger partial charge in [0, 0.05) is 0 Å². The van der Waals surface area contributed by atoms with Crippen molar-refractivity contribution in [1.29, 1.82) is 0 Å². The molecule has 0 bridgehead atoms. The van der Waals surface area contributed by atoms with Crippen molar-refractivity contribution in [2.75, 3.05) is 0 Å². The molecule has 9 heteroatoms. The second kappa shape index (κ2) is 6.79. The van der Waals surface area contributed by atoms with Crippen molar-refractivity contribution < 1.29 is 14.6 Å². The van der Waals surface area contributed by atoms with Gasteiger partial charge in [-0.15, -0.1) is 0 Å². The predicted molar refractivity (Wildman–Crippen MR) is 96.6 cm³/mol. The number of benzene rings is 2. The van der Waals surface area contributed by atoms with Crippen LogP contribution in [0.5, 0.6) is 17.2 Å². The minimum atomic E-state index is -0.773. The summed E-state index contributed by atoms with van der Waals surface area (Å²) in [4.78, 5) is 36.6. The van der Waals surface area contributed by atoms with Crippen LogP contribution in [0.2, 0.25) is 0 Å². The second-order valence-corrected chi connectivity index (χ2v) is 5.90. The van der Waals surface area contributed by atoms with Crippen molar-refractivity contribution in [1.82, 2.24) is 14.8 Å². The number of rotatable bonds is 4. The summed E-state index contributed by atoms with van der Waals surface area (Å²) in [6.07, 6.45) is 1.01. The van der Waals surface area contributed by atoms with Crippen molar-refractivity contribution in [3.63, 3.8) is 0 Å².